The Balaban J connectivity index is 1.71. The molecule has 0 aliphatic carbocycles. The number of rotatable bonds is 48. The number of carbonyl (C=O) groups excluding carboxylic acids is 1. The van der Waals surface area contributed by atoms with Crippen molar-refractivity contribution in [3.05, 3.63) is 34.4 Å². The Morgan fingerprint density at radius 1 is 0.592 bits per heavy atom. The van der Waals surface area contributed by atoms with Gasteiger partial charge in [0.1, 0.15) is 31.0 Å². The van der Waals surface area contributed by atoms with Crippen LogP contribution in [0, 0.1) is 10.1 Å². The molecule has 1 aliphatic heterocycles. The van der Waals surface area contributed by atoms with Crippen LogP contribution in [0.15, 0.2) is 24.3 Å². The number of benzene rings is 1. The topological polar surface area (TPSA) is 213 Å². The van der Waals surface area contributed by atoms with Crippen LogP contribution in [0.25, 0.3) is 0 Å². The van der Waals surface area contributed by atoms with Gasteiger partial charge in [-0.25, -0.2) is 4.79 Å². The highest BCUT2D eigenvalue weighted by molar-refractivity contribution is 5.84. The van der Waals surface area contributed by atoms with E-state index in [0.29, 0.717) is 13.0 Å². The van der Waals surface area contributed by atoms with Crippen molar-refractivity contribution in [2.45, 2.75) is 300 Å². The van der Waals surface area contributed by atoms with Crippen molar-refractivity contribution in [1.29, 1.82) is 0 Å². The van der Waals surface area contributed by atoms with Crippen LogP contribution in [0.2, 0.25) is 0 Å². The van der Waals surface area contributed by atoms with Gasteiger partial charge in [0.2, 0.25) is 0 Å². The number of aliphatic hydroxyl groups is 5. The number of nitrogens with zero attached hydrogens (tertiary/aromatic N) is 1. The van der Waals surface area contributed by atoms with Crippen molar-refractivity contribution in [2.24, 2.45) is 0 Å². The molecule has 7 N–H and O–H groups in total. The molecule has 71 heavy (non-hydrogen) atoms. The second-order valence-electron chi connectivity index (χ2n) is 20.8. The Kier molecular flexibility index (Phi) is 40.0. The fourth-order valence-electron chi connectivity index (χ4n) is 9.66. The lowest BCUT2D eigenvalue weighted by Crippen LogP contribution is -2.60. The van der Waals surface area contributed by atoms with Gasteiger partial charge in [-0.2, -0.15) is 0 Å². The van der Waals surface area contributed by atoms with Crippen molar-refractivity contribution >= 4 is 17.5 Å². The van der Waals surface area contributed by atoms with E-state index in [9.17, 15) is 40.4 Å². The average molecular weight is 1010 g/mol. The van der Waals surface area contributed by atoms with E-state index in [4.69, 9.17) is 14.2 Å². The highest BCUT2D eigenvalue weighted by Crippen LogP contribution is 2.25. The van der Waals surface area contributed by atoms with Gasteiger partial charge in [0.05, 0.1) is 29.8 Å². The number of hydrogen-bond donors (Lipinski definition) is 7. The summed E-state index contributed by atoms with van der Waals surface area (Å²) in [5.41, 5.74) is 0.0956. The van der Waals surface area contributed by atoms with Crippen LogP contribution >= 0.6 is 0 Å². The third kappa shape index (κ3) is 32.5. The predicted molar refractivity (Wildman–Crippen MR) is 287 cm³/mol. The van der Waals surface area contributed by atoms with Crippen LogP contribution in [0.3, 0.4) is 0 Å². The number of hydrogen-bond acceptors (Lipinski definition) is 12. The Morgan fingerprint density at radius 3 is 1.39 bits per heavy atom. The summed E-state index contributed by atoms with van der Waals surface area (Å²) in [6.45, 7) is 4.43. The Morgan fingerprint density at radius 2 is 0.986 bits per heavy atom. The summed E-state index contributed by atoms with van der Waals surface area (Å²) < 4.78 is 16.9. The summed E-state index contributed by atoms with van der Waals surface area (Å²) in [6.07, 6.45) is 35.9. The molecule has 1 aromatic rings. The predicted octanol–water partition coefficient (Wildman–Crippen LogP) is 13.1. The molecule has 2 rings (SSSR count). The van der Waals surface area contributed by atoms with Crippen LogP contribution in [0.1, 0.15) is 251 Å². The molecule has 0 spiro atoms. The van der Waals surface area contributed by atoms with Crippen LogP contribution in [-0.4, -0.2) is 105 Å². The van der Waals surface area contributed by atoms with E-state index < -0.39 is 66.6 Å². The van der Waals surface area contributed by atoms with Gasteiger partial charge in [0.15, 0.2) is 6.29 Å². The summed E-state index contributed by atoms with van der Waals surface area (Å²) in [4.78, 5) is 22.9. The van der Waals surface area contributed by atoms with Crippen LogP contribution in [0.4, 0.5) is 16.2 Å². The van der Waals surface area contributed by atoms with Gasteiger partial charge in [0.25, 0.3) is 5.69 Å². The molecule has 8 atom stereocenters. The molecule has 1 aromatic carbocycles. The molecule has 0 aromatic heterocycles. The first-order chi connectivity index (χ1) is 34.6. The zero-order valence-corrected chi connectivity index (χ0v) is 44.8. The standard InChI is InChI=1S/C57H105N3O11/c1-3-5-7-9-11-13-15-17-18-19-20-21-22-23-24-25-26-27-28-30-32-34-36-38-44-58-49(52(62)50(61)39-37-35-33-31-29-16-14-12-10-8-6-4-2)45-69-56-55(65)54(64)53(63)51(71-56)46-70-57(66)59-47-40-42-48(43-41-47)60(67)68/h40-43,49-56,58,61-65H,3-39,44-46H2,1-2H3,(H,59,66)/t49-,50+,51+,52-,53-,54-,55+,56-/m0/s1. The summed E-state index contributed by atoms with van der Waals surface area (Å²) >= 11 is 0. The quantitative estimate of drug-likeness (QED) is 0.0185. The minimum atomic E-state index is -1.69. The number of aliphatic hydroxyl groups excluding tert-OH is 5. The van der Waals surface area contributed by atoms with Crippen molar-refractivity contribution in [3.63, 3.8) is 0 Å². The molecular formula is C57H105N3O11. The van der Waals surface area contributed by atoms with E-state index in [1.807, 2.05) is 0 Å². The molecule has 1 heterocycles. The fourth-order valence-corrected chi connectivity index (χ4v) is 9.66. The van der Waals surface area contributed by atoms with E-state index in [1.54, 1.807) is 0 Å². The van der Waals surface area contributed by atoms with Gasteiger partial charge in [-0.3, -0.25) is 15.4 Å². The third-order valence-electron chi connectivity index (χ3n) is 14.4. The molecule has 0 bridgehead atoms. The zero-order valence-electron chi connectivity index (χ0n) is 44.8. The number of nitro benzene ring substituents is 1. The van der Waals surface area contributed by atoms with Crippen molar-refractivity contribution < 1.29 is 49.5 Å². The smallest absolute Gasteiger partial charge is 0.411 e. The van der Waals surface area contributed by atoms with Gasteiger partial charge in [0, 0.05) is 17.8 Å². The van der Waals surface area contributed by atoms with Crippen molar-refractivity contribution in [1.82, 2.24) is 5.32 Å². The molecule has 14 heteroatoms. The molecular weight excluding hydrogens is 903 g/mol. The lowest BCUT2D eigenvalue weighted by molar-refractivity contribution is -0.384. The first-order valence-corrected chi connectivity index (χ1v) is 29.2. The summed E-state index contributed by atoms with van der Waals surface area (Å²) in [6, 6.07) is 4.42. The molecule has 14 nitrogen and oxygen atoms in total. The summed E-state index contributed by atoms with van der Waals surface area (Å²) in [5, 5.41) is 71.5. The summed E-state index contributed by atoms with van der Waals surface area (Å²) in [5.74, 6) is 0. The van der Waals surface area contributed by atoms with Gasteiger partial charge < -0.3 is 45.1 Å². The van der Waals surface area contributed by atoms with E-state index in [1.165, 1.54) is 217 Å². The van der Waals surface area contributed by atoms with Gasteiger partial charge in [-0.05, 0) is 31.5 Å². The number of nitro groups is 1. The lowest BCUT2D eigenvalue weighted by Gasteiger charge is -2.40. The summed E-state index contributed by atoms with van der Waals surface area (Å²) in [7, 11) is 0. The van der Waals surface area contributed by atoms with Crippen LogP contribution < -0.4 is 10.6 Å². The largest absolute Gasteiger partial charge is 0.446 e. The highest BCUT2D eigenvalue weighted by atomic mass is 16.7. The number of non-ortho nitro benzene ring substituents is 1. The Labute approximate surface area is 430 Å². The third-order valence-corrected chi connectivity index (χ3v) is 14.4. The van der Waals surface area contributed by atoms with Gasteiger partial charge in [-0.15, -0.1) is 0 Å². The maximum atomic E-state index is 12.5. The molecule has 1 aliphatic rings. The molecule has 0 saturated carbocycles. The molecule has 0 radical (unpaired) electrons. The van der Waals surface area contributed by atoms with Crippen molar-refractivity contribution in [3.8, 4) is 0 Å². The molecule has 1 amide bonds. The lowest BCUT2D eigenvalue weighted by atomic mass is 9.98. The minimum absolute atomic E-state index is 0.147. The SMILES string of the molecule is CCCCCCCCCCCCCCCCCCCCCCCCCCN[C@@H](CO[C@H]1O[C@H](COC(=O)Nc2ccc([N+](=O)[O-])cc2)[C@H](O)[C@H](O)[C@H]1O)[C@H](O)[C@H](O)CCCCCCCCCCCCCC. The molecule has 1 saturated heterocycles. The number of nitrogens with one attached hydrogen (secondary N) is 2. The number of amides is 1. The van der Waals surface area contributed by atoms with E-state index in [-0.39, 0.29) is 18.0 Å². The minimum Gasteiger partial charge on any atom is -0.446 e. The monoisotopic (exact) mass is 1010 g/mol. The van der Waals surface area contributed by atoms with Gasteiger partial charge >= 0.3 is 6.09 Å². The van der Waals surface area contributed by atoms with E-state index in [2.05, 4.69) is 24.5 Å². The van der Waals surface area contributed by atoms with E-state index >= 15 is 0 Å². The molecule has 1 fully saturated rings. The van der Waals surface area contributed by atoms with E-state index in [0.717, 1.165) is 38.5 Å². The fraction of sp³-hybridized carbons (Fsp3) is 0.877. The van der Waals surface area contributed by atoms with Crippen molar-refractivity contribution in [2.75, 3.05) is 25.1 Å². The van der Waals surface area contributed by atoms with Gasteiger partial charge in [-0.1, -0.05) is 239 Å². The number of anilines is 1. The zero-order chi connectivity index (χ0) is 51.6. The van der Waals surface area contributed by atoms with Crippen LogP contribution in [-0.2, 0) is 14.2 Å². The second-order valence-corrected chi connectivity index (χ2v) is 20.8. The van der Waals surface area contributed by atoms with Crippen LogP contribution in [0.5, 0.6) is 0 Å². The maximum Gasteiger partial charge on any atom is 0.411 e. The molecule has 414 valence electrons. The number of unbranched alkanes of at least 4 members (excludes halogenated alkanes) is 34. The normalized spacial score (nSPS) is 19.4. The number of carbonyl (C=O) groups is 1. The average Bonchev–Trinajstić information content (AvgIpc) is 3.36. The Hall–Kier alpha value is -2.43. The number of ether oxygens (including phenoxy) is 3. The first kappa shape index (κ1) is 64.7. The second kappa shape index (κ2) is 43.9. The highest BCUT2D eigenvalue weighted by Gasteiger charge is 2.45. The first-order valence-electron chi connectivity index (χ1n) is 29.2. The maximum absolute atomic E-state index is 12.5. The molecule has 0 unspecified atom stereocenters. The Bertz CT molecular complexity index is 1390.